The van der Waals surface area contributed by atoms with Gasteiger partial charge in [-0.3, -0.25) is 19.6 Å². The van der Waals surface area contributed by atoms with E-state index in [0.29, 0.717) is 78.6 Å². The number of methoxy groups -OCH3 is 1. The minimum Gasteiger partial charge on any atom is -0.468 e. The summed E-state index contributed by atoms with van der Waals surface area (Å²) in [5.74, 6) is -1.55. The maximum absolute atomic E-state index is 17.5. The number of para-hydroxylation sites is 1. The maximum Gasteiger partial charge on any atom is 0.319 e. The second kappa shape index (κ2) is 20.3. The second-order valence-electron chi connectivity index (χ2n) is 22.1. The molecule has 0 bridgehead atoms. The number of aryl methyl sites for hydroxylation is 2. The van der Waals surface area contributed by atoms with Crippen LogP contribution in [0.4, 0.5) is 19.0 Å². The Labute approximate surface area is 429 Å². The van der Waals surface area contributed by atoms with E-state index < -0.39 is 29.0 Å². The number of benzene rings is 4. The summed E-state index contributed by atoms with van der Waals surface area (Å²) in [6, 6.07) is 13.8. The van der Waals surface area contributed by atoms with E-state index in [-0.39, 0.29) is 65.0 Å². The molecule has 0 spiro atoms. The smallest absolute Gasteiger partial charge is 0.319 e. The Morgan fingerprint density at radius 1 is 0.878 bits per heavy atom. The number of imide groups is 1. The first-order valence-corrected chi connectivity index (χ1v) is 26.6. The minimum absolute atomic E-state index is 0.0146. The minimum atomic E-state index is -1.04. The summed E-state index contributed by atoms with van der Waals surface area (Å²) in [5.41, 5.74) is 1.97. The Balaban J connectivity index is 0.765. The zero-order valence-electron chi connectivity index (χ0n) is 43.0. The predicted molar refractivity (Wildman–Crippen MR) is 277 cm³/mol. The van der Waals surface area contributed by atoms with Crippen LogP contribution in [0.25, 0.3) is 43.7 Å². The van der Waals surface area contributed by atoms with Crippen molar-refractivity contribution in [1.82, 2.24) is 34.9 Å². The molecule has 2 amide bonds. The first-order chi connectivity index (χ1) is 35.7. The van der Waals surface area contributed by atoms with Crippen LogP contribution in [0, 0.1) is 28.8 Å². The molecule has 2 atom stereocenters. The lowest BCUT2D eigenvalue weighted by molar-refractivity contribution is -0.134. The number of ether oxygens (including phenoxy) is 3. The summed E-state index contributed by atoms with van der Waals surface area (Å²) in [4.78, 5) is 41.2. The van der Waals surface area contributed by atoms with E-state index in [1.165, 1.54) is 30.9 Å². The van der Waals surface area contributed by atoms with Crippen molar-refractivity contribution in [2.45, 2.75) is 102 Å². The van der Waals surface area contributed by atoms with Gasteiger partial charge in [-0.1, -0.05) is 31.2 Å². The number of nitrogens with zero attached hydrogens (tertiary/aromatic N) is 7. The zero-order chi connectivity index (χ0) is 51.5. The van der Waals surface area contributed by atoms with Gasteiger partial charge in [-0.2, -0.15) is 15.1 Å². The lowest BCUT2D eigenvalue weighted by Crippen LogP contribution is -2.46. The van der Waals surface area contributed by atoms with Gasteiger partial charge in [-0.05, 0) is 161 Å². The molecular formula is C57H67F3N8O6. The molecule has 6 heterocycles. The fourth-order valence-electron chi connectivity index (χ4n) is 12.6. The summed E-state index contributed by atoms with van der Waals surface area (Å²) in [7, 11) is 3.44. The van der Waals surface area contributed by atoms with Crippen LogP contribution in [0.5, 0.6) is 11.8 Å². The molecule has 5 fully saturated rings. The van der Waals surface area contributed by atoms with Crippen molar-refractivity contribution in [1.29, 1.82) is 0 Å². The van der Waals surface area contributed by atoms with Gasteiger partial charge in [0.25, 0.3) is 0 Å². The molecule has 4 aliphatic heterocycles. The molecule has 6 aromatic rings. The summed E-state index contributed by atoms with van der Waals surface area (Å²) < 4.78 is 69.0. The van der Waals surface area contributed by atoms with Crippen LogP contribution in [0.15, 0.2) is 48.5 Å². The van der Waals surface area contributed by atoms with Gasteiger partial charge in [0, 0.05) is 62.9 Å². The van der Waals surface area contributed by atoms with Crippen molar-refractivity contribution in [2.75, 3.05) is 77.8 Å². The molecule has 0 radical (unpaired) electrons. The van der Waals surface area contributed by atoms with Crippen LogP contribution in [0.2, 0.25) is 0 Å². The fraction of sp³-hybridized carbons (Fsp3) is 0.526. The van der Waals surface area contributed by atoms with E-state index in [4.69, 9.17) is 24.3 Å². The molecule has 11 rings (SSSR count). The zero-order valence-corrected chi connectivity index (χ0v) is 43.0. The van der Waals surface area contributed by atoms with E-state index >= 15 is 13.2 Å². The second-order valence-corrected chi connectivity index (χ2v) is 22.1. The van der Waals surface area contributed by atoms with Crippen molar-refractivity contribution in [2.24, 2.45) is 18.4 Å². The van der Waals surface area contributed by atoms with Crippen molar-refractivity contribution in [3.05, 3.63) is 82.8 Å². The number of rotatable bonds is 15. The van der Waals surface area contributed by atoms with Gasteiger partial charge in [0.2, 0.25) is 11.8 Å². The Morgan fingerprint density at radius 3 is 2.39 bits per heavy atom. The first kappa shape index (κ1) is 50.3. The van der Waals surface area contributed by atoms with Crippen LogP contribution in [0.3, 0.4) is 0 Å². The van der Waals surface area contributed by atoms with Gasteiger partial charge in [0.15, 0.2) is 12.6 Å². The van der Waals surface area contributed by atoms with Crippen molar-refractivity contribution >= 4 is 50.2 Å². The monoisotopic (exact) mass is 1020 g/mol. The molecule has 74 heavy (non-hydrogen) atoms. The van der Waals surface area contributed by atoms with Gasteiger partial charge in [0.1, 0.15) is 28.7 Å². The molecule has 1 aliphatic carbocycles. The number of carbonyl (C=O) groups excluding carboxylic acids is 2. The number of carbonyl (C=O) groups is 2. The van der Waals surface area contributed by atoms with Crippen LogP contribution >= 0.6 is 0 Å². The number of halogens is 3. The number of fused-ring (bicyclic) bond motifs is 3. The lowest BCUT2D eigenvalue weighted by Gasteiger charge is -2.38. The third-order valence-corrected chi connectivity index (χ3v) is 16.7. The van der Waals surface area contributed by atoms with Gasteiger partial charge in [-0.15, -0.1) is 0 Å². The standard InChI is InChI=1S/C57H67F3N8O6/c1-5-38-44(58)12-10-36-26-37(74-33-72-4)27-42(47(36)38)48-45(59)28-43-51(49(48)60)62-55(63-53(43)68-21-7-18-56(2,71)30-68)73-32-57(19-20-57)31-67-22-14-34(15-23-67)29-66-24-16-35(17-25-66)39-8-6-9-40-50(64-65(3)52(39)40)41-11-13-46(69)61-54(41)70/h6,8-10,12,26-28,34-35,41,71H,5,7,11,13-25,29-33H2,1-4H3,(H,61,69,70)/t41?,56-/m1/s1. The normalized spacial score (nSPS) is 22.3. The molecule has 5 aliphatic rings. The highest BCUT2D eigenvalue weighted by Gasteiger charge is 2.46. The van der Waals surface area contributed by atoms with Gasteiger partial charge in [-0.25, -0.2) is 13.2 Å². The number of aromatic nitrogens is 4. The molecule has 392 valence electrons. The molecule has 2 N–H and O–H groups in total. The van der Waals surface area contributed by atoms with Crippen molar-refractivity contribution in [3.8, 4) is 22.9 Å². The number of hydrogen-bond acceptors (Lipinski definition) is 12. The van der Waals surface area contributed by atoms with Crippen LogP contribution < -0.4 is 19.7 Å². The van der Waals surface area contributed by atoms with Crippen LogP contribution in [0.1, 0.15) is 107 Å². The number of aliphatic hydroxyl groups is 1. The van der Waals surface area contributed by atoms with E-state index in [1.54, 1.807) is 26.0 Å². The Kier molecular flexibility index (Phi) is 13.8. The Morgan fingerprint density at radius 2 is 1.66 bits per heavy atom. The quantitative estimate of drug-likeness (QED) is 0.0748. The number of nitrogens with one attached hydrogen (secondary N) is 1. The summed E-state index contributed by atoms with van der Waals surface area (Å²) >= 11 is 0. The van der Waals surface area contributed by atoms with E-state index in [0.717, 1.165) is 94.4 Å². The third-order valence-electron chi connectivity index (χ3n) is 16.7. The summed E-state index contributed by atoms with van der Waals surface area (Å²) in [6.07, 6.45) is 8.64. The average molecular weight is 1020 g/mol. The van der Waals surface area contributed by atoms with Crippen molar-refractivity contribution < 1.29 is 42.1 Å². The molecular weight excluding hydrogens is 950 g/mol. The number of likely N-dealkylation sites (tertiary alicyclic amines) is 2. The maximum atomic E-state index is 17.5. The summed E-state index contributed by atoms with van der Waals surface area (Å²) in [6.45, 7) is 10.6. The number of anilines is 1. The van der Waals surface area contributed by atoms with E-state index in [1.807, 2.05) is 16.6 Å². The number of piperidine rings is 4. The molecule has 4 aromatic carbocycles. The topological polar surface area (TPSA) is 147 Å². The van der Waals surface area contributed by atoms with Crippen LogP contribution in [-0.4, -0.2) is 125 Å². The highest BCUT2D eigenvalue weighted by molar-refractivity contribution is 6.04. The number of β-amino-alcohol motifs (C(OH)–C–C–N with tert-alkyl or cyclic N) is 1. The molecule has 1 saturated carbocycles. The van der Waals surface area contributed by atoms with E-state index in [9.17, 15) is 14.7 Å². The number of hydrogen-bond donors (Lipinski definition) is 2. The molecule has 1 unspecified atom stereocenters. The van der Waals surface area contributed by atoms with Crippen LogP contribution in [-0.2, 0) is 27.8 Å². The Bertz CT molecular complexity index is 3130. The summed E-state index contributed by atoms with van der Waals surface area (Å²) in [5, 5.41) is 20.6. The lowest BCUT2D eigenvalue weighted by atomic mass is 9.86. The molecule has 4 saturated heterocycles. The SMILES string of the molecule is CCc1c(F)ccc2cc(OCOC)cc(-c3c(F)cc4c(N5CCC[C@@](C)(O)C5)nc(OCC5(CN6CCC(CN7CCC(c8cccc9c(C%10CCC(=O)NC%10=O)nn(C)c89)CC7)CC6)CC5)nc4c3F)c12. The fourth-order valence-corrected chi connectivity index (χ4v) is 12.6. The van der Waals surface area contributed by atoms with Gasteiger partial charge < -0.3 is 34.0 Å². The molecule has 14 nitrogen and oxygen atoms in total. The highest BCUT2D eigenvalue weighted by atomic mass is 19.1. The number of amides is 2. The Hall–Kier alpha value is -5.88. The van der Waals surface area contributed by atoms with Gasteiger partial charge in [0.05, 0.1) is 34.9 Å². The average Bonchev–Trinajstić information content (AvgIpc) is 4.07. The predicted octanol–water partition coefficient (Wildman–Crippen LogP) is 8.92. The van der Waals surface area contributed by atoms with E-state index in [2.05, 4.69) is 38.3 Å². The first-order valence-electron chi connectivity index (χ1n) is 26.6. The van der Waals surface area contributed by atoms with Gasteiger partial charge >= 0.3 is 6.01 Å². The molecule has 17 heteroatoms. The molecule has 2 aromatic heterocycles. The largest absolute Gasteiger partial charge is 0.468 e. The van der Waals surface area contributed by atoms with Crippen molar-refractivity contribution in [3.63, 3.8) is 0 Å². The highest BCUT2D eigenvalue weighted by Crippen LogP contribution is 2.48. The third kappa shape index (κ3) is 9.92.